The molecule has 2 heterocycles. The average molecular weight is 431 g/mol. The molecule has 2 aromatic carbocycles. The van der Waals surface area contributed by atoms with E-state index >= 15 is 0 Å². The van der Waals surface area contributed by atoms with E-state index in [1.807, 2.05) is 49.4 Å². The molecule has 1 amide bonds. The summed E-state index contributed by atoms with van der Waals surface area (Å²) in [4.78, 5) is 25.3. The maximum absolute atomic E-state index is 13.0. The highest BCUT2D eigenvalue weighted by atomic mass is 16.5. The van der Waals surface area contributed by atoms with E-state index in [0.29, 0.717) is 28.0 Å². The Labute approximate surface area is 185 Å². The summed E-state index contributed by atoms with van der Waals surface area (Å²) < 4.78 is 16.9. The van der Waals surface area contributed by atoms with Crippen molar-refractivity contribution in [2.45, 2.75) is 32.7 Å². The normalized spacial score (nSPS) is 11.9. The largest absolute Gasteiger partial charge is 0.484 e. The van der Waals surface area contributed by atoms with Gasteiger partial charge in [-0.05, 0) is 50.1 Å². The first-order valence-corrected chi connectivity index (χ1v) is 10.6. The van der Waals surface area contributed by atoms with E-state index < -0.39 is 0 Å². The summed E-state index contributed by atoms with van der Waals surface area (Å²) in [5.74, 6) is 1.68. The molecule has 0 unspecified atom stereocenters. The Balaban J connectivity index is 1.40. The molecule has 0 bridgehead atoms. The third-order valence-corrected chi connectivity index (χ3v) is 5.28. The SMILES string of the molecule is Cc1oc2cc(OCC(=O)N[C@H](C)CCc3ccco3)ccc2c(=O)c1-c1ccccc1. The van der Waals surface area contributed by atoms with Gasteiger partial charge in [-0.3, -0.25) is 9.59 Å². The Bertz CT molecular complexity index is 1260. The molecule has 32 heavy (non-hydrogen) atoms. The molecule has 1 atom stereocenters. The van der Waals surface area contributed by atoms with Crippen LogP contribution in [-0.4, -0.2) is 18.6 Å². The molecule has 0 aliphatic heterocycles. The Morgan fingerprint density at radius 1 is 1.09 bits per heavy atom. The summed E-state index contributed by atoms with van der Waals surface area (Å²) in [6, 6.07) is 18.2. The number of nitrogens with one attached hydrogen (secondary N) is 1. The number of fused-ring (bicyclic) bond motifs is 1. The molecule has 1 N–H and O–H groups in total. The lowest BCUT2D eigenvalue weighted by atomic mass is 10.0. The lowest BCUT2D eigenvalue weighted by molar-refractivity contribution is -0.123. The van der Waals surface area contributed by atoms with Gasteiger partial charge in [0.1, 0.15) is 22.9 Å². The van der Waals surface area contributed by atoms with E-state index in [-0.39, 0.29) is 24.0 Å². The van der Waals surface area contributed by atoms with Gasteiger partial charge in [0.15, 0.2) is 6.61 Å². The molecule has 0 saturated carbocycles. The number of carbonyl (C=O) groups excluding carboxylic acids is 1. The van der Waals surface area contributed by atoms with Crippen molar-refractivity contribution in [2.75, 3.05) is 6.61 Å². The Morgan fingerprint density at radius 3 is 2.66 bits per heavy atom. The fourth-order valence-corrected chi connectivity index (χ4v) is 3.67. The third kappa shape index (κ3) is 4.91. The number of carbonyl (C=O) groups is 1. The summed E-state index contributed by atoms with van der Waals surface area (Å²) in [5.41, 5.74) is 1.70. The van der Waals surface area contributed by atoms with Gasteiger partial charge in [-0.2, -0.15) is 0 Å². The highest BCUT2D eigenvalue weighted by molar-refractivity contribution is 5.84. The van der Waals surface area contributed by atoms with E-state index in [4.69, 9.17) is 13.6 Å². The zero-order valence-electron chi connectivity index (χ0n) is 18.1. The summed E-state index contributed by atoms with van der Waals surface area (Å²) >= 11 is 0. The molecule has 2 aromatic heterocycles. The molecular formula is C26H25NO5. The lowest BCUT2D eigenvalue weighted by Crippen LogP contribution is -2.36. The Hall–Kier alpha value is -3.80. The summed E-state index contributed by atoms with van der Waals surface area (Å²) in [7, 11) is 0. The second-order valence-corrected chi connectivity index (χ2v) is 7.76. The van der Waals surface area contributed by atoms with Crippen LogP contribution in [0.4, 0.5) is 0 Å². The van der Waals surface area contributed by atoms with E-state index in [1.165, 1.54) is 0 Å². The van der Waals surface area contributed by atoms with E-state index in [9.17, 15) is 9.59 Å². The molecule has 0 aliphatic rings. The molecule has 0 fully saturated rings. The quantitative estimate of drug-likeness (QED) is 0.430. The van der Waals surface area contributed by atoms with Crippen LogP contribution in [0, 0.1) is 6.92 Å². The van der Waals surface area contributed by atoms with Crippen LogP contribution in [0.3, 0.4) is 0 Å². The second kappa shape index (κ2) is 9.56. The number of aryl methyl sites for hydroxylation is 2. The van der Waals surface area contributed by atoms with Crippen LogP contribution in [-0.2, 0) is 11.2 Å². The van der Waals surface area contributed by atoms with Crippen LogP contribution >= 0.6 is 0 Å². The first-order chi connectivity index (χ1) is 15.5. The molecule has 164 valence electrons. The first kappa shape index (κ1) is 21.4. The maximum atomic E-state index is 13.0. The number of furan rings is 1. The van der Waals surface area contributed by atoms with Gasteiger partial charge in [0.05, 0.1) is 17.2 Å². The minimum absolute atomic E-state index is 0.00937. The van der Waals surface area contributed by atoms with Gasteiger partial charge in [-0.1, -0.05) is 30.3 Å². The number of hydrogen-bond donors (Lipinski definition) is 1. The van der Waals surface area contributed by atoms with Gasteiger partial charge in [0, 0.05) is 18.5 Å². The zero-order chi connectivity index (χ0) is 22.5. The molecule has 4 rings (SSSR count). The van der Waals surface area contributed by atoms with Crippen LogP contribution in [0.25, 0.3) is 22.1 Å². The van der Waals surface area contributed by atoms with E-state index in [2.05, 4.69) is 5.32 Å². The Kier molecular flexibility index (Phi) is 6.40. The minimum atomic E-state index is -0.214. The standard InChI is InChI=1S/C26H25NO5/c1-17(10-11-20-9-6-14-30-20)27-24(28)16-31-21-12-13-22-23(15-21)32-18(2)25(26(22)29)19-7-4-3-5-8-19/h3-9,12-15,17H,10-11,16H2,1-2H3,(H,27,28)/t17-/m1/s1. The molecule has 6 heteroatoms. The van der Waals surface area contributed by atoms with Crippen LogP contribution in [0.15, 0.2) is 80.6 Å². The Morgan fingerprint density at radius 2 is 1.91 bits per heavy atom. The maximum Gasteiger partial charge on any atom is 0.258 e. The molecule has 0 spiro atoms. The van der Waals surface area contributed by atoms with Crippen LogP contribution in [0.1, 0.15) is 24.9 Å². The van der Waals surface area contributed by atoms with Crippen molar-refractivity contribution in [1.82, 2.24) is 5.32 Å². The highest BCUT2D eigenvalue weighted by Crippen LogP contribution is 2.26. The third-order valence-electron chi connectivity index (χ3n) is 5.28. The van der Waals surface area contributed by atoms with Gasteiger partial charge < -0.3 is 18.9 Å². The number of ether oxygens (including phenoxy) is 1. The van der Waals surface area contributed by atoms with Crippen LogP contribution in [0.5, 0.6) is 5.75 Å². The first-order valence-electron chi connectivity index (χ1n) is 10.6. The van der Waals surface area contributed by atoms with E-state index in [1.54, 1.807) is 31.4 Å². The predicted molar refractivity (Wildman–Crippen MR) is 123 cm³/mol. The molecule has 0 radical (unpaired) electrons. The molecule has 0 saturated heterocycles. The number of hydrogen-bond acceptors (Lipinski definition) is 5. The van der Waals surface area contributed by atoms with Gasteiger partial charge in [-0.15, -0.1) is 0 Å². The second-order valence-electron chi connectivity index (χ2n) is 7.76. The summed E-state index contributed by atoms with van der Waals surface area (Å²) in [6.07, 6.45) is 3.16. The van der Waals surface area contributed by atoms with Gasteiger partial charge in [0.2, 0.25) is 5.43 Å². The summed E-state index contributed by atoms with van der Waals surface area (Å²) in [5, 5.41) is 3.38. The average Bonchev–Trinajstić information content (AvgIpc) is 3.30. The minimum Gasteiger partial charge on any atom is -0.484 e. The van der Waals surface area contributed by atoms with Gasteiger partial charge >= 0.3 is 0 Å². The molecule has 4 aromatic rings. The van der Waals surface area contributed by atoms with Crippen molar-refractivity contribution in [3.05, 3.63) is 88.7 Å². The van der Waals surface area contributed by atoms with Crippen molar-refractivity contribution in [3.8, 4) is 16.9 Å². The summed E-state index contributed by atoms with van der Waals surface area (Å²) in [6.45, 7) is 3.59. The zero-order valence-corrected chi connectivity index (χ0v) is 18.1. The highest BCUT2D eigenvalue weighted by Gasteiger charge is 2.15. The fraction of sp³-hybridized carbons (Fsp3) is 0.231. The van der Waals surface area contributed by atoms with Crippen molar-refractivity contribution in [2.24, 2.45) is 0 Å². The van der Waals surface area contributed by atoms with Crippen molar-refractivity contribution < 1.29 is 18.4 Å². The van der Waals surface area contributed by atoms with Crippen molar-refractivity contribution >= 4 is 16.9 Å². The molecule has 0 aliphatic carbocycles. The van der Waals surface area contributed by atoms with Crippen molar-refractivity contribution in [1.29, 1.82) is 0 Å². The molecule has 6 nitrogen and oxygen atoms in total. The monoisotopic (exact) mass is 431 g/mol. The van der Waals surface area contributed by atoms with Crippen LogP contribution in [0.2, 0.25) is 0 Å². The number of benzene rings is 2. The predicted octanol–water partition coefficient (Wildman–Crippen LogP) is 4.88. The van der Waals surface area contributed by atoms with Gasteiger partial charge in [0.25, 0.3) is 5.91 Å². The van der Waals surface area contributed by atoms with E-state index in [0.717, 1.165) is 24.2 Å². The van der Waals surface area contributed by atoms with Gasteiger partial charge in [-0.25, -0.2) is 0 Å². The topological polar surface area (TPSA) is 81.7 Å². The lowest BCUT2D eigenvalue weighted by Gasteiger charge is -2.14. The fourth-order valence-electron chi connectivity index (χ4n) is 3.67. The smallest absolute Gasteiger partial charge is 0.258 e. The number of amides is 1. The number of rotatable bonds is 8. The molecular weight excluding hydrogens is 406 g/mol. The van der Waals surface area contributed by atoms with Crippen LogP contribution < -0.4 is 15.5 Å². The van der Waals surface area contributed by atoms with Crippen molar-refractivity contribution in [3.63, 3.8) is 0 Å².